The highest BCUT2D eigenvalue weighted by atomic mass is 19.1. The van der Waals surface area contributed by atoms with Crippen LogP contribution in [-0.2, 0) is 0 Å². The number of anilines is 1. The fourth-order valence-electron chi connectivity index (χ4n) is 1.62. The molecule has 1 aromatic rings. The van der Waals surface area contributed by atoms with Crippen molar-refractivity contribution in [2.45, 2.75) is 32.7 Å². The van der Waals surface area contributed by atoms with Crippen LogP contribution < -0.4 is 10.6 Å². The molecule has 0 aliphatic heterocycles. The molecule has 0 saturated carbocycles. The number of nitrogens with zero attached hydrogens (tertiary/aromatic N) is 1. The minimum atomic E-state index is -0.450. The lowest BCUT2D eigenvalue weighted by Gasteiger charge is -2.37. The van der Waals surface area contributed by atoms with Gasteiger partial charge in [0.25, 0.3) is 0 Å². The van der Waals surface area contributed by atoms with Crippen LogP contribution in [0.4, 0.5) is 10.1 Å². The van der Waals surface area contributed by atoms with Crippen molar-refractivity contribution in [3.63, 3.8) is 0 Å². The minimum absolute atomic E-state index is 0.113. The molecule has 0 amide bonds. The SMILES string of the molecule is CCC(C)(C)N(C)c1cccc(F)c1C(=N)N. The highest BCUT2D eigenvalue weighted by Gasteiger charge is 2.25. The van der Waals surface area contributed by atoms with Crippen LogP contribution in [0.2, 0.25) is 0 Å². The van der Waals surface area contributed by atoms with Gasteiger partial charge in [-0.3, -0.25) is 5.41 Å². The molecule has 3 nitrogen and oxygen atoms in total. The molecule has 0 radical (unpaired) electrons. The maximum atomic E-state index is 13.7. The number of nitrogens with two attached hydrogens (primary N) is 1. The van der Waals surface area contributed by atoms with Gasteiger partial charge in [0.1, 0.15) is 11.7 Å². The fourth-order valence-corrected chi connectivity index (χ4v) is 1.62. The van der Waals surface area contributed by atoms with E-state index in [4.69, 9.17) is 11.1 Å². The van der Waals surface area contributed by atoms with Crippen LogP contribution in [-0.4, -0.2) is 18.4 Å². The second kappa shape index (κ2) is 4.73. The summed E-state index contributed by atoms with van der Waals surface area (Å²) < 4.78 is 13.7. The van der Waals surface area contributed by atoms with E-state index in [1.807, 2.05) is 11.9 Å². The Morgan fingerprint density at radius 3 is 2.53 bits per heavy atom. The summed E-state index contributed by atoms with van der Waals surface area (Å²) >= 11 is 0. The van der Waals surface area contributed by atoms with Gasteiger partial charge in [0.05, 0.1) is 11.3 Å². The van der Waals surface area contributed by atoms with Gasteiger partial charge in [0.15, 0.2) is 0 Å². The van der Waals surface area contributed by atoms with Crippen molar-refractivity contribution >= 4 is 11.5 Å². The Morgan fingerprint density at radius 1 is 1.47 bits per heavy atom. The minimum Gasteiger partial charge on any atom is -0.384 e. The Balaban J connectivity index is 3.32. The molecule has 0 saturated heterocycles. The van der Waals surface area contributed by atoms with Crippen molar-refractivity contribution in [3.05, 3.63) is 29.6 Å². The zero-order valence-corrected chi connectivity index (χ0v) is 10.8. The van der Waals surface area contributed by atoms with E-state index in [9.17, 15) is 4.39 Å². The monoisotopic (exact) mass is 237 g/mol. The third-order valence-corrected chi connectivity index (χ3v) is 3.40. The third-order valence-electron chi connectivity index (χ3n) is 3.40. The van der Waals surface area contributed by atoms with Gasteiger partial charge in [-0.25, -0.2) is 4.39 Å². The number of halogens is 1. The quantitative estimate of drug-likeness (QED) is 0.625. The van der Waals surface area contributed by atoms with Crippen LogP contribution in [0.5, 0.6) is 0 Å². The van der Waals surface area contributed by atoms with E-state index in [-0.39, 0.29) is 16.9 Å². The van der Waals surface area contributed by atoms with Gasteiger partial charge in [-0.2, -0.15) is 0 Å². The van der Waals surface area contributed by atoms with E-state index in [0.29, 0.717) is 5.69 Å². The van der Waals surface area contributed by atoms with Crippen molar-refractivity contribution in [1.82, 2.24) is 0 Å². The Labute approximate surface area is 102 Å². The van der Waals surface area contributed by atoms with Gasteiger partial charge in [0, 0.05) is 12.6 Å². The molecular weight excluding hydrogens is 217 g/mol. The second-order valence-corrected chi connectivity index (χ2v) is 4.77. The molecule has 0 aliphatic rings. The standard InChI is InChI=1S/C13H20FN3/c1-5-13(2,3)17(4)10-8-6-7-9(14)11(10)12(15)16/h6-8H,5H2,1-4H3,(H3,15,16). The van der Waals surface area contributed by atoms with E-state index >= 15 is 0 Å². The Hall–Kier alpha value is -1.58. The first-order chi connectivity index (χ1) is 7.81. The molecule has 4 heteroatoms. The zero-order valence-electron chi connectivity index (χ0n) is 10.8. The van der Waals surface area contributed by atoms with Crippen molar-refractivity contribution in [3.8, 4) is 0 Å². The summed E-state index contributed by atoms with van der Waals surface area (Å²) in [6.45, 7) is 6.22. The smallest absolute Gasteiger partial charge is 0.136 e. The normalized spacial score (nSPS) is 11.4. The van der Waals surface area contributed by atoms with E-state index in [0.717, 1.165) is 6.42 Å². The van der Waals surface area contributed by atoms with Gasteiger partial charge in [-0.1, -0.05) is 13.0 Å². The van der Waals surface area contributed by atoms with E-state index in [1.165, 1.54) is 6.07 Å². The molecule has 0 bridgehead atoms. The Bertz CT molecular complexity index is 427. The molecule has 17 heavy (non-hydrogen) atoms. The molecule has 0 heterocycles. The number of benzene rings is 1. The highest BCUT2D eigenvalue weighted by Crippen LogP contribution is 2.29. The number of hydrogen-bond acceptors (Lipinski definition) is 2. The van der Waals surface area contributed by atoms with Crippen molar-refractivity contribution in [2.75, 3.05) is 11.9 Å². The van der Waals surface area contributed by atoms with Gasteiger partial charge in [-0.15, -0.1) is 0 Å². The molecule has 3 N–H and O–H groups in total. The Morgan fingerprint density at radius 2 is 2.06 bits per heavy atom. The first-order valence-electron chi connectivity index (χ1n) is 5.68. The molecule has 0 aliphatic carbocycles. The molecule has 0 unspecified atom stereocenters. The number of nitrogen functional groups attached to an aromatic ring is 1. The maximum Gasteiger partial charge on any atom is 0.136 e. The lowest BCUT2D eigenvalue weighted by atomic mass is 9.97. The zero-order chi connectivity index (χ0) is 13.2. The molecule has 0 fully saturated rings. The van der Waals surface area contributed by atoms with Crippen LogP contribution in [0, 0.1) is 11.2 Å². The van der Waals surface area contributed by atoms with E-state index in [2.05, 4.69) is 20.8 Å². The average molecular weight is 237 g/mol. The molecular formula is C13H20FN3. The Kier molecular flexibility index (Phi) is 3.76. The lowest BCUT2D eigenvalue weighted by Crippen LogP contribution is -2.41. The summed E-state index contributed by atoms with van der Waals surface area (Å²) in [4.78, 5) is 1.97. The number of nitrogens with one attached hydrogen (secondary N) is 1. The maximum absolute atomic E-state index is 13.7. The molecule has 0 atom stereocenters. The number of amidine groups is 1. The lowest BCUT2D eigenvalue weighted by molar-refractivity contribution is 0.469. The molecule has 0 spiro atoms. The third kappa shape index (κ3) is 2.57. The van der Waals surface area contributed by atoms with Gasteiger partial charge >= 0.3 is 0 Å². The molecule has 1 aromatic carbocycles. The van der Waals surface area contributed by atoms with Gasteiger partial charge < -0.3 is 10.6 Å². The molecule has 1 rings (SSSR count). The van der Waals surface area contributed by atoms with Crippen LogP contribution in [0.25, 0.3) is 0 Å². The summed E-state index contributed by atoms with van der Waals surface area (Å²) in [5.41, 5.74) is 6.18. The predicted molar refractivity (Wildman–Crippen MR) is 70.2 cm³/mol. The van der Waals surface area contributed by atoms with Crippen molar-refractivity contribution < 1.29 is 4.39 Å². The first kappa shape index (κ1) is 13.5. The summed E-state index contributed by atoms with van der Waals surface area (Å²) in [5, 5.41) is 7.48. The van der Waals surface area contributed by atoms with Crippen LogP contribution >= 0.6 is 0 Å². The first-order valence-corrected chi connectivity index (χ1v) is 5.68. The van der Waals surface area contributed by atoms with Crippen LogP contribution in [0.3, 0.4) is 0 Å². The molecule has 94 valence electrons. The topological polar surface area (TPSA) is 53.1 Å². The average Bonchev–Trinajstić information content (AvgIpc) is 2.27. The molecule has 0 aromatic heterocycles. The summed E-state index contributed by atoms with van der Waals surface area (Å²) in [6, 6.07) is 4.75. The summed E-state index contributed by atoms with van der Waals surface area (Å²) in [6.07, 6.45) is 0.914. The number of rotatable bonds is 4. The van der Waals surface area contributed by atoms with Gasteiger partial charge in [0.2, 0.25) is 0 Å². The number of hydrogen-bond donors (Lipinski definition) is 2. The predicted octanol–water partition coefficient (Wildman–Crippen LogP) is 2.73. The fraction of sp³-hybridized carbons (Fsp3) is 0.462. The largest absolute Gasteiger partial charge is 0.384 e. The second-order valence-electron chi connectivity index (χ2n) is 4.77. The highest BCUT2D eigenvalue weighted by molar-refractivity contribution is 6.00. The van der Waals surface area contributed by atoms with Gasteiger partial charge in [-0.05, 0) is 32.4 Å². The van der Waals surface area contributed by atoms with Crippen molar-refractivity contribution in [2.24, 2.45) is 5.73 Å². The van der Waals surface area contributed by atoms with E-state index in [1.54, 1.807) is 12.1 Å². The van der Waals surface area contributed by atoms with Crippen LogP contribution in [0.1, 0.15) is 32.8 Å². The van der Waals surface area contributed by atoms with Crippen molar-refractivity contribution in [1.29, 1.82) is 5.41 Å². The summed E-state index contributed by atoms with van der Waals surface area (Å²) in [7, 11) is 1.89. The van der Waals surface area contributed by atoms with Crippen LogP contribution in [0.15, 0.2) is 18.2 Å². The summed E-state index contributed by atoms with van der Waals surface area (Å²) in [5.74, 6) is -0.689. The van der Waals surface area contributed by atoms with E-state index < -0.39 is 5.82 Å².